The van der Waals surface area contributed by atoms with Crippen molar-refractivity contribution < 1.29 is 80.2 Å². The Morgan fingerprint density at radius 1 is 0.315 bits per heavy atom. The van der Waals surface area contributed by atoms with Crippen LogP contribution in [0, 0.1) is 17.8 Å². The van der Waals surface area contributed by atoms with Gasteiger partial charge in [-0.25, -0.2) is 9.13 Å². The summed E-state index contributed by atoms with van der Waals surface area (Å²) in [5.41, 5.74) is 0. The van der Waals surface area contributed by atoms with Crippen LogP contribution in [0.1, 0.15) is 370 Å². The molecule has 19 heteroatoms. The van der Waals surface area contributed by atoms with Gasteiger partial charge in [0.25, 0.3) is 0 Å². The van der Waals surface area contributed by atoms with Gasteiger partial charge in [0.1, 0.15) is 19.3 Å². The zero-order valence-electron chi connectivity index (χ0n) is 60.0. The van der Waals surface area contributed by atoms with Crippen LogP contribution in [-0.2, 0) is 65.4 Å². The van der Waals surface area contributed by atoms with Crippen LogP contribution < -0.4 is 0 Å². The van der Waals surface area contributed by atoms with Crippen LogP contribution in [-0.4, -0.2) is 96.7 Å². The Balaban J connectivity index is 5.13. The van der Waals surface area contributed by atoms with Gasteiger partial charge in [0.15, 0.2) is 12.2 Å². The van der Waals surface area contributed by atoms with Gasteiger partial charge in [-0.3, -0.25) is 37.3 Å². The zero-order valence-corrected chi connectivity index (χ0v) is 61.8. The summed E-state index contributed by atoms with van der Waals surface area (Å²) in [6.45, 7) is 11.8. The number of esters is 4. The SMILES string of the molecule is CCCCCCCCCC(=O)OC[C@H](COP(=O)(O)OC[C@H](O)COP(=O)(O)OC[C@@H](COC(=O)CCCCCCCCCCCCCC(C)C)OC(=O)CCCCCCCCCCCCCCCCCCCCC(C)CC)OC(=O)CCCCCCCCC(C)C. The summed E-state index contributed by atoms with van der Waals surface area (Å²) in [4.78, 5) is 72.4. The fourth-order valence-corrected chi connectivity index (χ4v) is 12.6. The summed E-state index contributed by atoms with van der Waals surface area (Å²) in [7, 11) is -9.90. The van der Waals surface area contributed by atoms with Crippen molar-refractivity contribution in [2.45, 2.75) is 388 Å². The average Bonchev–Trinajstić information content (AvgIpc) is 1.78. The van der Waals surface area contributed by atoms with Gasteiger partial charge in [0.2, 0.25) is 0 Å². The molecule has 17 nitrogen and oxygen atoms in total. The molecule has 0 aromatic heterocycles. The van der Waals surface area contributed by atoms with Crippen molar-refractivity contribution in [3.05, 3.63) is 0 Å². The Labute approximate surface area is 562 Å². The van der Waals surface area contributed by atoms with Crippen molar-refractivity contribution in [3.8, 4) is 0 Å². The van der Waals surface area contributed by atoms with E-state index in [1.165, 1.54) is 167 Å². The molecule has 0 aliphatic carbocycles. The summed E-state index contributed by atoms with van der Waals surface area (Å²) in [5.74, 6) is 0.180. The summed E-state index contributed by atoms with van der Waals surface area (Å²) in [6.07, 6.45) is 49.0. The van der Waals surface area contributed by atoms with Gasteiger partial charge in [-0.1, -0.05) is 318 Å². The molecule has 0 spiro atoms. The summed E-state index contributed by atoms with van der Waals surface area (Å²) >= 11 is 0. The lowest BCUT2D eigenvalue weighted by molar-refractivity contribution is -0.161. The molecule has 0 saturated carbocycles. The molecule has 0 aliphatic heterocycles. The molecular weight excluding hydrogens is 1210 g/mol. The Morgan fingerprint density at radius 2 is 0.554 bits per heavy atom. The molecule has 0 rings (SSSR count). The fraction of sp³-hybridized carbons (Fsp3) is 0.945. The summed E-state index contributed by atoms with van der Waals surface area (Å²) in [5, 5.41) is 10.6. The monoisotopic (exact) mass is 1350 g/mol. The van der Waals surface area contributed by atoms with E-state index in [1.54, 1.807) is 0 Å². The minimum absolute atomic E-state index is 0.102. The number of carbonyl (C=O) groups is 4. The number of aliphatic hydroxyl groups excluding tert-OH is 1. The van der Waals surface area contributed by atoms with Crippen LogP contribution in [0.5, 0.6) is 0 Å². The largest absolute Gasteiger partial charge is 0.472 e. The first-order chi connectivity index (χ1) is 44.3. The highest BCUT2D eigenvalue weighted by atomic mass is 31.2. The molecule has 546 valence electrons. The third-order valence-corrected chi connectivity index (χ3v) is 19.1. The molecule has 0 aromatic rings. The first-order valence-electron chi connectivity index (χ1n) is 37.9. The van der Waals surface area contributed by atoms with E-state index in [2.05, 4.69) is 48.5 Å². The fourth-order valence-electron chi connectivity index (χ4n) is 11.0. The highest BCUT2D eigenvalue weighted by Crippen LogP contribution is 2.45. The maximum atomic E-state index is 13.1. The Bertz CT molecular complexity index is 1800. The van der Waals surface area contributed by atoms with E-state index < -0.39 is 97.5 Å². The molecule has 0 aromatic carbocycles. The molecule has 3 N–H and O–H groups in total. The van der Waals surface area contributed by atoms with E-state index >= 15 is 0 Å². The van der Waals surface area contributed by atoms with Crippen molar-refractivity contribution >= 4 is 39.5 Å². The van der Waals surface area contributed by atoms with E-state index in [4.69, 9.17) is 37.0 Å². The number of hydrogen-bond donors (Lipinski definition) is 3. The van der Waals surface area contributed by atoms with Crippen molar-refractivity contribution in [2.24, 2.45) is 17.8 Å². The normalized spacial score (nSPS) is 14.4. The standard InChI is InChI=1S/C73H142O17P2/c1-8-10-11-12-30-40-47-54-70(75)83-60-69(90-73(78)57-50-43-36-35-38-45-52-65(5)6)63-88-92(81,82)86-59-67(74)58-85-91(79,80)87-62-68(61-84-71(76)55-48-41-33-28-25-21-22-26-31-37-44-51-64(3)4)89-72(77)56-49-42-34-29-24-20-18-16-14-13-15-17-19-23-27-32-39-46-53-66(7)9-2/h64-69,74H,8-63H2,1-7H3,(H,79,80)(H,81,82)/t66?,67-,68-,69-/m1/s1. The van der Waals surface area contributed by atoms with Gasteiger partial charge in [-0.05, 0) is 43.4 Å². The van der Waals surface area contributed by atoms with Gasteiger partial charge in [0, 0.05) is 25.7 Å². The van der Waals surface area contributed by atoms with Crippen molar-refractivity contribution in [1.29, 1.82) is 0 Å². The molecule has 0 bridgehead atoms. The molecule has 0 heterocycles. The number of phosphoric ester groups is 2. The van der Waals surface area contributed by atoms with Crippen LogP contribution in [0.2, 0.25) is 0 Å². The number of phosphoric acid groups is 2. The Morgan fingerprint density at radius 3 is 0.826 bits per heavy atom. The van der Waals surface area contributed by atoms with Crippen LogP contribution >= 0.6 is 15.6 Å². The third kappa shape index (κ3) is 65.4. The maximum absolute atomic E-state index is 13.1. The van der Waals surface area contributed by atoms with E-state index in [-0.39, 0.29) is 25.7 Å². The van der Waals surface area contributed by atoms with E-state index in [1.807, 2.05) is 0 Å². The van der Waals surface area contributed by atoms with Crippen molar-refractivity contribution in [1.82, 2.24) is 0 Å². The van der Waals surface area contributed by atoms with Gasteiger partial charge in [-0.15, -0.1) is 0 Å². The number of unbranched alkanes of at least 4 members (excludes halogenated alkanes) is 38. The highest BCUT2D eigenvalue weighted by Gasteiger charge is 2.30. The molecule has 3 unspecified atom stereocenters. The number of aliphatic hydroxyl groups is 1. The minimum Gasteiger partial charge on any atom is -0.462 e. The van der Waals surface area contributed by atoms with Crippen LogP contribution in [0.25, 0.3) is 0 Å². The van der Waals surface area contributed by atoms with E-state index in [0.29, 0.717) is 31.6 Å². The lowest BCUT2D eigenvalue weighted by atomic mass is 9.99. The number of hydrogen-bond acceptors (Lipinski definition) is 15. The predicted molar refractivity (Wildman–Crippen MR) is 372 cm³/mol. The Hall–Kier alpha value is -1.94. The zero-order chi connectivity index (χ0) is 68.0. The van der Waals surface area contributed by atoms with Crippen molar-refractivity contribution in [2.75, 3.05) is 39.6 Å². The number of carbonyl (C=O) groups excluding carboxylic acids is 4. The molecule has 0 aliphatic rings. The van der Waals surface area contributed by atoms with Gasteiger partial charge < -0.3 is 33.8 Å². The van der Waals surface area contributed by atoms with E-state index in [0.717, 1.165) is 115 Å². The lowest BCUT2D eigenvalue weighted by Gasteiger charge is -2.21. The van der Waals surface area contributed by atoms with Crippen LogP contribution in [0.4, 0.5) is 0 Å². The molecular formula is C73H142O17P2. The second-order valence-corrected chi connectivity index (χ2v) is 30.4. The molecule has 0 amide bonds. The third-order valence-electron chi connectivity index (χ3n) is 17.2. The molecule has 0 fully saturated rings. The molecule has 92 heavy (non-hydrogen) atoms. The lowest BCUT2D eigenvalue weighted by Crippen LogP contribution is -2.30. The van der Waals surface area contributed by atoms with Gasteiger partial charge in [-0.2, -0.15) is 0 Å². The topological polar surface area (TPSA) is 237 Å². The number of ether oxygens (including phenoxy) is 4. The summed E-state index contributed by atoms with van der Waals surface area (Å²) in [6, 6.07) is 0. The molecule has 0 radical (unpaired) electrons. The maximum Gasteiger partial charge on any atom is 0.472 e. The second kappa shape index (κ2) is 63.8. The molecule has 0 saturated heterocycles. The first-order valence-corrected chi connectivity index (χ1v) is 40.9. The van der Waals surface area contributed by atoms with Gasteiger partial charge >= 0.3 is 39.5 Å². The average molecular weight is 1350 g/mol. The second-order valence-electron chi connectivity index (χ2n) is 27.5. The van der Waals surface area contributed by atoms with Crippen molar-refractivity contribution in [3.63, 3.8) is 0 Å². The van der Waals surface area contributed by atoms with Crippen LogP contribution in [0.15, 0.2) is 0 Å². The smallest absolute Gasteiger partial charge is 0.462 e. The first kappa shape index (κ1) is 90.1. The summed E-state index contributed by atoms with van der Waals surface area (Å²) < 4.78 is 68.2. The van der Waals surface area contributed by atoms with E-state index in [9.17, 15) is 43.2 Å². The highest BCUT2D eigenvalue weighted by molar-refractivity contribution is 7.47. The van der Waals surface area contributed by atoms with Gasteiger partial charge in [0.05, 0.1) is 26.4 Å². The predicted octanol–water partition coefficient (Wildman–Crippen LogP) is 21.0. The minimum atomic E-state index is -4.95. The quantitative estimate of drug-likeness (QED) is 0.0222. The Kier molecular flexibility index (Phi) is 62.4. The number of rotatable bonds is 71. The van der Waals surface area contributed by atoms with Crippen LogP contribution in [0.3, 0.4) is 0 Å². The molecule has 6 atom stereocenters.